The second-order valence-electron chi connectivity index (χ2n) is 4.73. The monoisotopic (exact) mass is 278 g/mol. The van der Waals surface area contributed by atoms with Crippen LogP contribution >= 0.6 is 11.6 Å². The quantitative estimate of drug-likeness (QED) is 0.929. The van der Waals surface area contributed by atoms with E-state index >= 15 is 0 Å². The predicted octanol–water partition coefficient (Wildman–Crippen LogP) is 3.55. The SMILES string of the molecule is CC(N)C(Cc1ccc(F)cc1)c1cncc(Cl)c1. The molecule has 0 amide bonds. The zero-order chi connectivity index (χ0) is 13.8. The lowest BCUT2D eigenvalue weighted by Crippen LogP contribution is -2.26. The van der Waals surface area contributed by atoms with Crippen LogP contribution in [0.15, 0.2) is 42.7 Å². The van der Waals surface area contributed by atoms with Crippen molar-refractivity contribution in [2.24, 2.45) is 5.73 Å². The Labute approximate surface area is 117 Å². The largest absolute Gasteiger partial charge is 0.327 e. The second kappa shape index (κ2) is 6.13. The van der Waals surface area contributed by atoms with Gasteiger partial charge < -0.3 is 5.73 Å². The predicted molar refractivity (Wildman–Crippen MR) is 75.7 cm³/mol. The van der Waals surface area contributed by atoms with Crippen molar-refractivity contribution in [3.05, 3.63) is 64.7 Å². The van der Waals surface area contributed by atoms with Gasteiger partial charge in [0.1, 0.15) is 5.82 Å². The maximum atomic E-state index is 12.9. The van der Waals surface area contributed by atoms with Crippen LogP contribution in [0.3, 0.4) is 0 Å². The Morgan fingerprint density at radius 2 is 1.95 bits per heavy atom. The van der Waals surface area contributed by atoms with Gasteiger partial charge in [0, 0.05) is 24.4 Å². The van der Waals surface area contributed by atoms with E-state index in [1.807, 2.05) is 13.0 Å². The van der Waals surface area contributed by atoms with E-state index < -0.39 is 0 Å². The molecule has 1 heterocycles. The van der Waals surface area contributed by atoms with Gasteiger partial charge >= 0.3 is 0 Å². The molecule has 1 aromatic heterocycles. The van der Waals surface area contributed by atoms with Crippen LogP contribution in [-0.2, 0) is 6.42 Å². The van der Waals surface area contributed by atoms with Gasteiger partial charge in [-0.25, -0.2) is 4.39 Å². The standard InChI is InChI=1S/C15H16ClFN2/c1-10(18)15(12-7-13(16)9-19-8-12)6-11-2-4-14(17)5-3-11/h2-5,7-10,15H,6,18H2,1H3. The first kappa shape index (κ1) is 14.0. The molecule has 19 heavy (non-hydrogen) atoms. The molecule has 0 aliphatic heterocycles. The van der Waals surface area contributed by atoms with Crippen LogP contribution in [0.4, 0.5) is 4.39 Å². The van der Waals surface area contributed by atoms with Gasteiger partial charge in [-0.1, -0.05) is 23.7 Å². The van der Waals surface area contributed by atoms with E-state index in [0.717, 1.165) is 17.5 Å². The highest BCUT2D eigenvalue weighted by Crippen LogP contribution is 2.25. The van der Waals surface area contributed by atoms with Crippen LogP contribution in [0.25, 0.3) is 0 Å². The van der Waals surface area contributed by atoms with Crippen molar-refractivity contribution in [1.82, 2.24) is 4.98 Å². The van der Waals surface area contributed by atoms with Crippen molar-refractivity contribution in [3.63, 3.8) is 0 Å². The number of nitrogens with zero attached hydrogens (tertiary/aromatic N) is 1. The second-order valence-corrected chi connectivity index (χ2v) is 5.17. The maximum Gasteiger partial charge on any atom is 0.123 e. The molecule has 2 unspecified atom stereocenters. The maximum absolute atomic E-state index is 12.9. The highest BCUT2D eigenvalue weighted by Gasteiger charge is 2.17. The lowest BCUT2D eigenvalue weighted by molar-refractivity contribution is 0.562. The van der Waals surface area contributed by atoms with Gasteiger partial charge in [0.05, 0.1) is 5.02 Å². The topological polar surface area (TPSA) is 38.9 Å². The molecule has 2 atom stereocenters. The zero-order valence-electron chi connectivity index (χ0n) is 10.7. The van der Waals surface area contributed by atoms with E-state index in [1.165, 1.54) is 12.1 Å². The molecular formula is C15H16ClFN2. The van der Waals surface area contributed by atoms with E-state index in [1.54, 1.807) is 24.5 Å². The molecular weight excluding hydrogens is 263 g/mol. The summed E-state index contributed by atoms with van der Waals surface area (Å²) in [5.74, 6) is -0.123. The van der Waals surface area contributed by atoms with Crippen molar-refractivity contribution in [1.29, 1.82) is 0 Å². The van der Waals surface area contributed by atoms with E-state index in [4.69, 9.17) is 17.3 Å². The van der Waals surface area contributed by atoms with E-state index in [2.05, 4.69) is 4.98 Å². The smallest absolute Gasteiger partial charge is 0.123 e. The minimum absolute atomic E-state index is 0.0367. The lowest BCUT2D eigenvalue weighted by Gasteiger charge is -2.21. The fraction of sp³-hybridized carbons (Fsp3) is 0.267. The molecule has 0 bridgehead atoms. The number of hydrogen-bond acceptors (Lipinski definition) is 2. The molecule has 2 rings (SSSR count). The number of benzene rings is 1. The van der Waals surface area contributed by atoms with Gasteiger partial charge in [-0.3, -0.25) is 4.98 Å². The molecule has 0 saturated heterocycles. The van der Waals surface area contributed by atoms with E-state index in [9.17, 15) is 4.39 Å². The molecule has 2 N–H and O–H groups in total. The zero-order valence-corrected chi connectivity index (χ0v) is 11.4. The van der Waals surface area contributed by atoms with Crippen molar-refractivity contribution in [3.8, 4) is 0 Å². The molecule has 0 saturated carbocycles. The average Bonchev–Trinajstić information content (AvgIpc) is 2.37. The summed E-state index contributed by atoms with van der Waals surface area (Å²) < 4.78 is 12.9. The lowest BCUT2D eigenvalue weighted by atomic mass is 9.88. The Kier molecular flexibility index (Phi) is 4.51. The molecule has 2 aromatic rings. The minimum atomic E-state index is -0.231. The van der Waals surface area contributed by atoms with Crippen molar-refractivity contribution >= 4 is 11.6 Å². The van der Waals surface area contributed by atoms with Crippen LogP contribution in [-0.4, -0.2) is 11.0 Å². The number of aromatic nitrogens is 1. The summed E-state index contributed by atoms with van der Waals surface area (Å²) in [6.45, 7) is 1.95. The third-order valence-electron chi connectivity index (χ3n) is 3.16. The van der Waals surface area contributed by atoms with Crippen LogP contribution in [0.2, 0.25) is 5.02 Å². The molecule has 4 heteroatoms. The number of hydrogen-bond donors (Lipinski definition) is 1. The average molecular weight is 279 g/mol. The molecule has 2 nitrogen and oxygen atoms in total. The third kappa shape index (κ3) is 3.75. The fourth-order valence-corrected chi connectivity index (χ4v) is 2.30. The Hall–Kier alpha value is -1.45. The molecule has 100 valence electrons. The summed E-state index contributed by atoms with van der Waals surface area (Å²) >= 11 is 5.96. The molecule has 0 fully saturated rings. The fourth-order valence-electron chi connectivity index (χ4n) is 2.11. The van der Waals surface area contributed by atoms with Crippen molar-refractivity contribution in [2.75, 3.05) is 0 Å². The highest BCUT2D eigenvalue weighted by molar-refractivity contribution is 6.30. The normalized spacial score (nSPS) is 14.1. The number of nitrogens with two attached hydrogens (primary N) is 1. The summed E-state index contributed by atoms with van der Waals surface area (Å²) in [6.07, 6.45) is 4.12. The first-order valence-corrected chi connectivity index (χ1v) is 6.54. The Morgan fingerprint density at radius 3 is 2.53 bits per heavy atom. The van der Waals surface area contributed by atoms with Crippen LogP contribution in [0.1, 0.15) is 24.0 Å². The van der Waals surface area contributed by atoms with Crippen LogP contribution in [0.5, 0.6) is 0 Å². The molecule has 0 spiro atoms. The van der Waals surface area contributed by atoms with Crippen molar-refractivity contribution < 1.29 is 4.39 Å². The van der Waals surface area contributed by atoms with Gasteiger partial charge in [0.2, 0.25) is 0 Å². The Balaban J connectivity index is 2.23. The van der Waals surface area contributed by atoms with Crippen molar-refractivity contribution in [2.45, 2.75) is 25.3 Å². The minimum Gasteiger partial charge on any atom is -0.327 e. The number of halogens is 2. The first-order chi connectivity index (χ1) is 9.06. The Morgan fingerprint density at radius 1 is 1.26 bits per heavy atom. The molecule has 1 aromatic carbocycles. The summed E-state index contributed by atoms with van der Waals surface area (Å²) in [7, 11) is 0. The first-order valence-electron chi connectivity index (χ1n) is 6.16. The molecule has 0 aliphatic rings. The van der Waals surface area contributed by atoms with E-state index in [0.29, 0.717) is 5.02 Å². The highest BCUT2D eigenvalue weighted by atomic mass is 35.5. The molecule has 0 aliphatic carbocycles. The summed E-state index contributed by atoms with van der Waals surface area (Å²) in [4.78, 5) is 4.10. The summed E-state index contributed by atoms with van der Waals surface area (Å²) in [6, 6.07) is 8.33. The van der Waals surface area contributed by atoms with Gasteiger partial charge in [-0.2, -0.15) is 0 Å². The number of rotatable bonds is 4. The van der Waals surface area contributed by atoms with Crippen LogP contribution in [0, 0.1) is 5.82 Å². The summed E-state index contributed by atoms with van der Waals surface area (Å²) in [5.41, 5.74) is 8.10. The van der Waals surface area contributed by atoms with Gasteiger partial charge in [0.15, 0.2) is 0 Å². The Bertz CT molecular complexity index is 540. The van der Waals surface area contributed by atoms with Gasteiger partial charge in [0.25, 0.3) is 0 Å². The summed E-state index contributed by atoms with van der Waals surface area (Å²) in [5, 5.41) is 0.599. The molecule has 0 radical (unpaired) electrons. The van der Waals surface area contributed by atoms with Gasteiger partial charge in [-0.05, 0) is 42.7 Å². The van der Waals surface area contributed by atoms with Crippen LogP contribution < -0.4 is 5.73 Å². The third-order valence-corrected chi connectivity index (χ3v) is 3.36. The van der Waals surface area contributed by atoms with E-state index in [-0.39, 0.29) is 17.8 Å². The van der Waals surface area contributed by atoms with Gasteiger partial charge in [-0.15, -0.1) is 0 Å². The number of pyridine rings is 1.